The number of allylic oxidation sites excluding steroid dienone is 4. The lowest BCUT2D eigenvalue weighted by atomic mass is 9.89. The summed E-state index contributed by atoms with van der Waals surface area (Å²) in [6, 6.07) is 5.62. The maximum Gasteiger partial charge on any atom is 0.218 e. The molecule has 0 spiro atoms. The average molecular weight is 288 g/mol. The molecule has 0 bridgehead atoms. The molecule has 0 radical (unpaired) electrons. The third kappa shape index (κ3) is 2.66. The van der Waals surface area contributed by atoms with Gasteiger partial charge < -0.3 is 5.73 Å². The van der Waals surface area contributed by atoms with Gasteiger partial charge in [0.15, 0.2) is 17.4 Å². The van der Waals surface area contributed by atoms with Crippen molar-refractivity contribution in [2.75, 3.05) is 5.73 Å². The molecule has 2 atom stereocenters. The van der Waals surface area contributed by atoms with Crippen molar-refractivity contribution in [1.82, 2.24) is 0 Å². The minimum atomic E-state index is -2.79. The van der Waals surface area contributed by atoms with Crippen LogP contribution < -0.4 is 5.73 Å². The van der Waals surface area contributed by atoms with Crippen LogP contribution in [-0.4, -0.2) is 10.9 Å². The lowest BCUT2D eigenvalue weighted by molar-refractivity contribution is 0.0877. The second kappa shape index (κ2) is 4.74. The fourth-order valence-corrected chi connectivity index (χ4v) is 2.00. The summed E-state index contributed by atoms with van der Waals surface area (Å²) in [6.45, 7) is 0. The van der Waals surface area contributed by atoms with Crippen LogP contribution in [0.15, 0.2) is 48.1 Å². The SMILES string of the molecule is Nc1ccc(C(=O)C2C=C(F)C(F)=CC2(F)Cl)cc1. The first kappa shape index (κ1) is 13.7. The third-order valence-electron chi connectivity index (χ3n) is 2.75. The first-order chi connectivity index (χ1) is 8.81. The lowest BCUT2D eigenvalue weighted by Gasteiger charge is -2.25. The summed E-state index contributed by atoms with van der Waals surface area (Å²) in [4.78, 5) is 12.1. The summed E-state index contributed by atoms with van der Waals surface area (Å²) in [5.74, 6) is -5.10. The van der Waals surface area contributed by atoms with E-state index in [1.165, 1.54) is 24.3 Å². The second-order valence-electron chi connectivity index (χ2n) is 4.15. The molecule has 1 aromatic rings. The molecule has 19 heavy (non-hydrogen) atoms. The zero-order chi connectivity index (χ0) is 14.2. The Morgan fingerprint density at radius 2 is 1.79 bits per heavy atom. The number of alkyl halides is 2. The Bertz CT molecular complexity index is 578. The summed E-state index contributed by atoms with van der Waals surface area (Å²) in [6.07, 6.45) is 0.796. The fourth-order valence-electron chi connectivity index (χ4n) is 1.74. The molecule has 100 valence electrons. The Balaban J connectivity index is 2.36. The molecule has 1 aliphatic carbocycles. The van der Waals surface area contributed by atoms with Gasteiger partial charge in [0.1, 0.15) is 0 Å². The third-order valence-corrected chi connectivity index (χ3v) is 3.10. The van der Waals surface area contributed by atoms with Gasteiger partial charge in [0.25, 0.3) is 0 Å². The standard InChI is InChI=1S/C13H9ClF3NO/c14-13(17)6-11(16)10(15)5-9(13)12(19)7-1-3-8(18)4-2-7/h1-6,9H,18H2. The molecule has 0 heterocycles. The van der Waals surface area contributed by atoms with E-state index in [1.54, 1.807) is 0 Å². The van der Waals surface area contributed by atoms with Crippen molar-refractivity contribution in [2.45, 2.75) is 5.13 Å². The smallest absolute Gasteiger partial charge is 0.218 e. The summed E-state index contributed by atoms with van der Waals surface area (Å²) in [7, 11) is 0. The quantitative estimate of drug-likeness (QED) is 0.512. The van der Waals surface area contributed by atoms with Gasteiger partial charge in [-0.15, -0.1) is 0 Å². The van der Waals surface area contributed by atoms with Gasteiger partial charge in [-0.25, -0.2) is 13.2 Å². The van der Waals surface area contributed by atoms with Crippen LogP contribution in [-0.2, 0) is 0 Å². The maximum atomic E-state index is 14.0. The van der Waals surface area contributed by atoms with E-state index in [1.807, 2.05) is 0 Å². The molecule has 0 saturated carbocycles. The molecular weight excluding hydrogens is 279 g/mol. The molecule has 1 aliphatic rings. The van der Waals surface area contributed by atoms with Gasteiger partial charge in [-0.1, -0.05) is 11.6 Å². The van der Waals surface area contributed by atoms with Gasteiger partial charge in [0.05, 0.1) is 5.92 Å². The fraction of sp³-hybridized carbons (Fsp3) is 0.154. The van der Waals surface area contributed by atoms with E-state index in [0.29, 0.717) is 11.8 Å². The number of hydrogen-bond acceptors (Lipinski definition) is 2. The van der Waals surface area contributed by atoms with E-state index >= 15 is 0 Å². The van der Waals surface area contributed by atoms with Gasteiger partial charge in [-0.3, -0.25) is 4.79 Å². The van der Waals surface area contributed by atoms with Crippen LogP contribution in [0, 0.1) is 5.92 Å². The molecule has 2 rings (SSSR count). The van der Waals surface area contributed by atoms with Crippen LogP contribution in [0.4, 0.5) is 18.9 Å². The highest BCUT2D eigenvalue weighted by molar-refractivity contribution is 6.27. The molecule has 2 nitrogen and oxygen atoms in total. The van der Waals surface area contributed by atoms with Crippen LogP contribution >= 0.6 is 11.6 Å². The summed E-state index contributed by atoms with van der Waals surface area (Å²) in [5, 5.41) is -2.79. The number of carbonyl (C=O) groups is 1. The van der Waals surface area contributed by atoms with Crippen molar-refractivity contribution in [3.05, 3.63) is 53.6 Å². The number of nitrogens with two attached hydrogens (primary N) is 1. The molecular formula is C13H9ClF3NO. The lowest BCUT2D eigenvalue weighted by Crippen LogP contribution is -2.33. The number of anilines is 1. The molecule has 0 aliphatic heterocycles. The normalized spacial score (nSPS) is 26.6. The first-order valence-electron chi connectivity index (χ1n) is 5.35. The van der Waals surface area contributed by atoms with Crippen molar-refractivity contribution in [3.8, 4) is 0 Å². The number of carbonyl (C=O) groups excluding carboxylic acids is 1. The highest BCUT2D eigenvalue weighted by Gasteiger charge is 2.43. The Morgan fingerprint density at radius 1 is 1.21 bits per heavy atom. The van der Waals surface area contributed by atoms with Crippen molar-refractivity contribution >= 4 is 23.1 Å². The maximum absolute atomic E-state index is 14.0. The molecule has 0 amide bonds. The number of benzene rings is 1. The summed E-state index contributed by atoms with van der Waals surface area (Å²) < 4.78 is 40.0. The van der Waals surface area contributed by atoms with Crippen LogP contribution in [0.2, 0.25) is 0 Å². The van der Waals surface area contributed by atoms with Crippen molar-refractivity contribution < 1.29 is 18.0 Å². The largest absolute Gasteiger partial charge is 0.399 e. The molecule has 6 heteroatoms. The predicted molar refractivity (Wildman–Crippen MR) is 66.7 cm³/mol. The summed E-state index contributed by atoms with van der Waals surface area (Å²) >= 11 is 5.43. The summed E-state index contributed by atoms with van der Waals surface area (Å²) in [5.41, 5.74) is 5.99. The van der Waals surface area contributed by atoms with Gasteiger partial charge in [0.2, 0.25) is 5.13 Å². The first-order valence-corrected chi connectivity index (χ1v) is 5.72. The van der Waals surface area contributed by atoms with Crippen LogP contribution in [0.25, 0.3) is 0 Å². The second-order valence-corrected chi connectivity index (χ2v) is 4.72. The van der Waals surface area contributed by atoms with Crippen molar-refractivity contribution in [2.24, 2.45) is 5.92 Å². The van der Waals surface area contributed by atoms with Crippen LogP contribution in [0.3, 0.4) is 0 Å². The number of hydrogen-bond donors (Lipinski definition) is 1. The Kier molecular flexibility index (Phi) is 3.41. The van der Waals surface area contributed by atoms with E-state index in [4.69, 9.17) is 17.3 Å². The Labute approximate surface area is 112 Å². The molecule has 2 unspecified atom stereocenters. The average Bonchev–Trinajstić information content (AvgIpc) is 2.33. The Morgan fingerprint density at radius 3 is 2.37 bits per heavy atom. The van der Waals surface area contributed by atoms with E-state index in [2.05, 4.69) is 0 Å². The number of Topliss-reactive ketones (excluding diaryl/α,β-unsaturated/α-hetero) is 1. The molecule has 1 aromatic carbocycles. The minimum Gasteiger partial charge on any atom is -0.399 e. The number of rotatable bonds is 2. The van der Waals surface area contributed by atoms with E-state index in [9.17, 15) is 18.0 Å². The van der Waals surface area contributed by atoms with E-state index in [0.717, 1.165) is 0 Å². The highest BCUT2D eigenvalue weighted by atomic mass is 35.5. The highest BCUT2D eigenvalue weighted by Crippen LogP contribution is 2.40. The number of nitrogen functional groups attached to an aromatic ring is 1. The molecule has 0 fully saturated rings. The minimum absolute atomic E-state index is 0.113. The molecule has 2 N–H and O–H groups in total. The monoisotopic (exact) mass is 287 g/mol. The van der Waals surface area contributed by atoms with Gasteiger partial charge in [-0.05, 0) is 30.3 Å². The predicted octanol–water partition coefficient (Wildman–Crippen LogP) is 3.69. The van der Waals surface area contributed by atoms with Crippen molar-refractivity contribution in [3.63, 3.8) is 0 Å². The van der Waals surface area contributed by atoms with Gasteiger partial charge in [0, 0.05) is 17.3 Å². The van der Waals surface area contributed by atoms with Crippen molar-refractivity contribution in [1.29, 1.82) is 0 Å². The Hall–Kier alpha value is -1.75. The van der Waals surface area contributed by atoms with Crippen LogP contribution in [0.5, 0.6) is 0 Å². The van der Waals surface area contributed by atoms with Gasteiger partial charge >= 0.3 is 0 Å². The molecule has 0 aromatic heterocycles. The zero-order valence-electron chi connectivity index (χ0n) is 9.54. The van der Waals surface area contributed by atoms with E-state index in [-0.39, 0.29) is 11.6 Å². The topological polar surface area (TPSA) is 43.1 Å². The molecule has 0 saturated heterocycles. The number of ketones is 1. The number of halogens is 4. The van der Waals surface area contributed by atoms with E-state index < -0.39 is 28.5 Å². The van der Waals surface area contributed by atoms with Crippen LogP contribution in [0.1, 0.15) is 10.4 Å². The van der Waals surface area contributed by atoms with Gasteiger partial charge in [-0.2, -0.15) is 0 Å². The zero-order valence-corrected chi connectivity index (χ0v) is 10.3.